The fraction of sp³-hybridized carbons (Fsp3) is 0.438. The Morgan fingerprint density at radius 3 is 2.70 bits per heavy atom. The van der Waals surface area contributed by atoms with Crippen molar-refractivity contribution in [2.45, 2.75) is 46.7 Å². The first-order valence-corrected chi connectivity index (χ1v) is 7.87. The molecule has 2 rings (SSSR count). The van der Waals surface area contributed by atoms with Crippen LogP contribution >= 0.6 is 11.3 Å². The van der Waals surface area contributed by atoms with Crippen LogP contribution in [-0.4, -0.2) is 4.57 Å². The summed E-state index contributed by atoms with van der Waals surface area (Å²) in [5.74, 6) is 0. The van der Waals surface area contributed by atoms with Crippen LogP contribution in [0.5, 0.6) is 0 Å². The molecule has 3 nitrogen and oxygen atoms in total. The molecule has 0 saturated carbocycles. The molecule has 0 aromatic carbocycles. The lowest BCUT2D eigenvalue weighted by Crippen LogP contribution is -2.19. The zero-order valence-corrected chi connectivity index (χ0v) is 13.4. The molecule has 0 saturated heterocycles. The first-order valence-electron chi connectivity index (χ1n) is 7.05. The molecule has 0 radical (unpaired) electrons. The minimum absolute atomic E-state index is 0.0626. The van der Waals surface area contributed by atoms with Crippen molar-refractivity contribution in [2.75, 3.05) is 5.32 Å². The van der Waals surface area contributed by atoms with Gasteiger partial charge in [0, 0.05) is 34.6 Å². The van der Waals surface area contributed by atoms with Gasteiger partial charge >= 0.3 is 0 Å². The van der Waals surface area contributed by atoms with Crippen LogP contribution in [0, 0.1) is 13.8 Å². The van der Waals surface area contributed by atoms with Crippen molar-refractivity contribution < 1.29 is 0 Å². The monoisotopic (exact) mass is 290 g/mol. The third-order valence-electron chi connectivity index (χ3n) is 3.38. The minimum atomic E-state index is 0.0626. The topological polar surface area (TPSA) is 34.0 Å². The average molecular weight is 290 g/mol. The van der Waals surface area contributed by atoms with Gasteiger partial charge in [0.25, 0.3) is 5.56 Å². The zero-order chi connectivity index (χ0) is 14.7. The van der Waals surface area contributed by atoms with Crippen LogP contribution in [0.15, 0.2) is 29.2 Å². The highest BCUT2D eigenvalue weighted by atomic mass is 32.1. The standard InChI is InChI=1S/C16H22N2OS/c1-5-8-18-10-14(6-7-16(18)19)17-12(3)15-9-11(2)20-13(15)4/h6-7,9-10,12,17H,5,8H2,1-4H3. The van der Waals surface area contributed by atoms with E-state index in [2.05, 4.69) is 39.1 Å². The second-order valence-electron chi connectivity index (χ2n) is 5.18. The van der Waals surface area contributed by atoms with E-state index in [-0.39, 0.29) is 11.6 Å². The Kier molecular flexibility index (Phi) is 4.65. The van der Waals surface area contributed by atoms with Crippen LogP contribution in [0.2, 0.25) is 0 Å². The summed E-state index contributed by atoms with van der Waals surface area (Å²) in [6.07, 6.45) is 2.87. The van der Waals surface area contributed by atoms with Crippen molar-refractivity contribution in [1.82, 2.24) is 4.57 Å². The number of anilines is 1. The predicted octanol–water partition coefficient (Wildman–Crippen LogP) is 4.11. The highest BCUT2D eigenvalue weighted by Crippen LogP contribution is 2.28. The number of aryl methyl sites for hydroxylation is 3. The molecule has 2 aromatic heterocycles. The van der Waals surface area contributed by atoms with Crippen LogP contribution in [0.3, 0.4) is 0 Å². The maximum atomic E-state index is 11.7. The molecule has 0 spiro atoms. The SMILES string of the molecule is CCCn1cc(NC(C)c2cc(C)sc2C)ccc1=O. The highest BCUT2D eigenvalue weighted by molar-refractivity contribution is 7.12. The lowest BCUT2D eigenvalue weighted by molar-refractivity contribution is 0.654. The van der Waals surface area contributed by atoms with Crippen LogP contribution < -0.4 is 10.9 Å². The van der Waals surface area contributed by atoms with E-state index in [9.17, 15) is 4.79 Å². The largest absolute Gasteiger partial charge is 0.377 e. The highest BCUT2D eigenvalue weighted by Gasteiger charge is 2.11. The second kappa shape index (κ2) is 6.27. The summed E-state index contributed by atoms with van der Waals surface area (Å²) >= 11 is 1.83. The summed E-state index contributed by atoms with van der Waals surface area (Å²) in [6, 6.07) is 5.97. The molecule has 0 fully saturated rings. The van der Waals surface area contributed by atoms with E-state index in [0.29, 0.717) is 0 Å². The number of pyridine rings is 1. The van der Waals surface area contributed by atoms with E-state index < -0.39 is 0 Å². The molecule has 0 amide bonds. The van der Waals surface area contributed by atoms with Crippen LogP contribution in [0.25, 0.3) is 0 Å². The Balaban J connectivity index is 2.19. The van der Waals surface area contributed by atoms with Crippen molar-refractivity contribution in [2.24, 2.45) is 0 Å². The second-order valence-corrected chi connectivity index (χ2v) is 6.64. The van der Waals surface area contributed by atoms with Crippen LogP contribution in [0.1, 0.15) is 41.6 Å². The van der Waals surface area contributed by atoms with E-state index in [1.165, 1.54) is 15.3 Å². The quantitative estimate of drug-likeness (QED) is 0.899. The number of aromatic nitrogens is 1. The molecule has 0 aliphatic rings. The first-order chi connectivity index (χ1) is 9.51. The molecule has 2 aromatic rings. The van der Waals surface area contributed by atoms with Gasteiger partial charge in [0.15, 0.2) is 0 Å². The Morgan fingerprint density at radius 2 is 2.10 bits per heavy atom. The first kappa shape index (κ1) is 14.9. The third-order valence-corrected chi connectivity index (χ3v) is 4.36. The molecule has 1 N–H and O–H groups in total. The molecule has 0 bridgehead atoms. The fourth-order valence-electron chi connectivity index (χ4n) is 2.44. The summed E-state index contributed by atoms with van der Waals surface area (Å²) in [7, 11) is 0. The molecule has 20 heavy (non-hydrogen) atoms. The number of rotatable bonds is 5. The van der Waals surface area contributed by atoms with Crippen molar-refractivity contribution in [3.63, 3.8) is 0 Å². The number of nitrogens with zero attached hydrogens (tertiary/aromatic N) is 1. The van der Waals surface area contributed by atoms with Gasteiger partial charge in [0.2, 0.25) is 0 Å². The van der Waals surface area contributed by atoms with E-state index in [0.717, 1.165) is 18.7 Å². The molecule has 2 heterocycles. The smallest absolute Gasteiger partial charge is 0.250 e. The molecule has 4 heteroatoms. The van der Waals surface area contributed by atoms with Gasteiger partial charge in [-0.05, 0) is 44.9 Å². The Hall–Kier alpha value is -1.55. The van der Waals surface area contributed by atoms with Gasteiger partial charge in [-0.2, -0.15) is 0 Å². The van der Waals surface area contributed by atoms with E-state index >= 15 is 0 Å². The van der Waals surface area contributed by atoms with Crippen molar-refractivity contribution in [1.29, 1.82) is 0 Å². The molecular formula is C16H22N2OS. The van der Waals surface area contributed by atoms with Crippen molar-refractivity contribution >= 4 is 17.0 Å². The van der Waals surface area contributed by atoms with Crippen LogP contribution in [0.4, 0.5) is 5.69 Å². The predicted molar refractivity (Wildman–Crippen MR) is 86.8 cm³/mol. The summed E-state index contributed by atoms with van der Waals surface area (Å²) in [5, 5.41) is 3.49. The van der Waals surface area contributed by atoms with Crippen molar-refractivity contribution in [3.8, 4) is 0 Å². The zero-order valence-electron chi connectivity index (χ0n) is 12.6. The number of thiophene rings is 1. The van der Waals surface area contributed by atoms with Gasteiger partial charge in [-0.3, -0.25) is 4.79 Å². The average Bonchev–Trinajstić information content (AvgIpc) is 2.73. The van der Waals surface area contributed by atoms with Crippen molar-refractivity contribution in [3.05, 3.63) is 50.1 Å². The normalized spacial score (nSPS) is 12.4. The summed E-state index contributed by atoms with van der Waals surface area (Å²) < 4.78 is 1.76. The Morgan fingerprint density at radius 1 is 1.35 bits per heavy atom. The molecule has 1 atom stereocenters. The summed E-state index contributed by atoms with van der Waals surface area (Å²) in [4.78, 5) is 14.4. The number of hydrogen-bond acceptors (Lipinski definition) is 3. The number of nitrogens with one attached hydrogen (secondary N) is 1. The van der Waals surface area contributed by atoms with E-state index in [1.807, 2.05) is 23.6 Å². The molecule has 0 aliphatic carbocycles. The lowest BCUT2D eigenvalue weighted by atomic mass is 10.1. The third kappa shape index (κ3) is 3.31. The number of hydrogen-bond donors (Lipinski definition) is 1. The summed E-state index contributed by atoms with van der Waals surface area (Å²) in [5.41, 5.74) is 2.39. The molecule has 0 aliphatic heterocycles. The summed E-state index contributed by atoms with van der Waals surface area (Å²) in [6.45, 7) is 9.29. The fourth-order valence-corrected chi connectivity index (χ4v) is 3.46. The Labute approximate surface area is 124 Å². The lowest BCUT2D eigenvalue weighted by Gasteiger charge is -2.16. The molecule has 1 unspecified atom stereocenters. The molecule has 108 valence electrons. The van der Waals surface area contributed by atoms with Gasteiger partial charge in [0.05, 0.1) is 5.69 Å². The van der Waals surface area contributed by atoms with Gasteiger partial charge in [-0.15, -0.1) is 11.3 Å². The van der Waals surface area contributed by atoms with Gasteiger partial charge in [-0.1, -0.05) is 6.92 Å². The van der Waals surface area contributed by atoms with Gasteiger partial charge in [-0.25, -0.2) is 0 Å². The van der Waals surface area contributed by atoms with E-state index in [4.69, 9.17) is 0 Å². The minimum Gasteiger partial charge on any atom is -0.377 e. The molecular weight excluding hydrogens is 268 g/mol. The maximum Gasteiger partial charge on any atom is 0.250 e. The van der Waals surface area contributed by atoms with E-state index in [1.54, 1.807) is 10.6 Å². The Bertz CT molecular complexity index is 642. The van der Waals surface area contributed by atoms with Gasteiger partial charge in [0.1, 0.15) is 0 Å². The van der Waals surface area contributed by atoms with Crippen LogP contribution in [-0.2, 0) is 6.54 Å². The van der Waals surface area contributed by atoms with Gasteiger partial charge < -0.3 is 9.88 Å². The maximum absolute atomic E-state index is 11.7.